The molecule has 2 rings (SSSR count). The first-order chi connectivity index (χ1) is 6.92. The third kappa shape index (κ3) is 1.90. The predicted octanol–water partition coefficient (Wildman–Crippen LogP) is 2.30. The molecule has 0 N–H and O–H groups in total. The summed E-state index contributed by atoms with van der Waals surface area (Å²) in [6, 6.07) is 11.2. The van der Waals surface area contributed by atoms with Crippen LogP contribution in [0.2, 0.25) is 0 Å². The Balaban J connectivity index is 2.10. The number of rotatable bonds is 3. The fourth-order valence-electron chi connectivity index (χ4n) is 2.16. The number of benzene rings is 1. The van der Waals surface area contributed by atoms with Crippen LogP contribution in [0, 0.1) is 0 Å². The van der Waals surface area contributed by atoms with E-state index in [0.29, 0.717) is 6.04 Å². The van der Waals surface area contributed by atoms with E-state index in [1.807, 2.05) is 0 Å². The van der Waals surface area contributed by atoms with Crippen LogP contribution < -0.4 is 4.90 Å². The average molecular weight is 191 g/mol. The van der Waals surface area contributed by atoms with Crippen LogP contribution in [0.4, 0.5) is 5.69 Å². The fraction of sp³-hybridized carbons (Fsp3) is 0.500. The smallest absolute Gasteiger partial charge is 0.0666 e. The molecule has 1 saturated heterocycles. The third-order valence-electron chi connectivity index (χ3n) is 2.82. The van der Waals surface area contributed by atoms with Crippen LogP contribution in [-0.4, -0.2) is 26.3 Å². The quantitative estimate of drug-likeness (QED) is 0.727. The van der Waals surface area contributed by atoms with Crippen LogP contribution in [0.25, 0.3) is 0 Å². The number of anilines is 1. The summed E-state index contributed by atoms with van der Waals surface area (Å²) in [4.78, 5) is 2.45. The number of para-hydroxylation sites is 1. The number of nitrogens with zero attached hydrogens (tertiary/aromatic N) is 1. The van der Waals surface area contributed by atoms with E-state index in [2.05, 4.69) is 35.2 Å². The second-order valence-electron chi connectivity index (χ2n) is 3.78. The topological polar surface area (TPSA) is 12.5 Å². The Bertz CT molecular complexity index is 273. The van der Waals surface area contributed by atoms with Crippen molar-refractivity contribution >= 4 is 5.69 Å². The molecule has 0 aromatic heterocycles. The van der Waals surface area contributed by atoms with Crippen LogP contribution in [0.15, 0.2) is 30.3 Å². The van der Waals surface area contributed by atoms with Crippen molar-refractivity contribution in [2.45, 2.75) is 18.9 Å². The van der Waals surface area contributed by atoms with E-state index in [0.717, 1.165) is 13.2 Å². The van der Waals surface area contributed by atoms with Crippen molar-refractivity contribution in [2.75, 3.05) is 25.2 Å². The van der Waals surface area contributed by atoms with Crippen molar-refractivity contribution in [3.8, 4) is 0 Å². The average Bonchev–Trinajstić information content (AvgIpc) is 2.68. The van der Waals surface area contributed by atoms with Gasteiger partial charge in [-0.05, 0) is 25.0 Å². The Hall–Kier alpha value is -1.02. The predicted molar refractivity (Wildman–Crippen MR) is 58.7 cm³/mol. The van der Waals surface area contributed by atoms with Gasteiger partial charge in [-0.1, -0.05) is 18.2 Å². The number of ether oxygens (including phenoxy) is 1. The van der Waals surface area contributed by atoms with E-state index < -0.39 is 0 Å². The normalized spacial score (nSPS) is 21.5. The van der Waals surface area contributed by atoms with Gasteiger partial charge in [0.15, 0.2) is 0 Å². The lowest BCUT2D eigenvalue weighted by molar-refractivity contribution is 0.181. The lowest BCUT2D eigenvalue weighted by Crippen LogP contribution is -2.32. The van der Waals surface area contributed by atoms with Gasteiger partial charge in [-0.25, -0.2) is 0 Å². The molecule has 0 radical (unpaired) electrons. The largest absolute Gasteiger partial charge is 0.383 e. The summed E-state index contributed by atoms with van der Waals surface area (Å²) in [5, 5.41) is 0. The molecule has 0 amide bonds. The molecular formula is C12H17NO. The lowest BCUT2D eigenvalue weighted by atomic mass is 10.2. The van der Waals surface area contributed by atoms with Crippen LogP contribution in [-0.2, 0) is 4.74 Å². The van der Waals surface area contributed by atoms with E-state index in [1.54, 1.807) is 7.11 Å². The van der Waals surface area contributed by atoms with Gasteiger partial charge in [-0.2, -0.15) is 0 Å². The SMILES string of the molecule is COC[C@H]1CCCN1c1ccccc1. The van der Waals surface area contributed by atoms with Gasteiger partial charge in [0, 0.05) is 19.3 Å². The fourth-order valence-corrected chi connectivity index (χ4v) is 2.16. The van der Waals surface area contributed by atoms with Crippen molar-refractivity contribution in [1.82, 2.24) is 0 Å². The highest BCUT2D eigenvalue weighted by atomic mass is 16.5. The van der Waals surface area contributed by atoms with E-state index in [9.17, 15) is 0 Å². The molecule has 0 saturated carbocycles. The van der Waals surface area contributed by atoms with Crippen LogP contribution in [0.3, 0.4) is 0 Å². The Morgan fingerprint density at radius 2 is 2.14 bits per heavy atom. The highest BCUT2D eigenvalue weighted by Crippen LogP contribution is 2.24. The van der Waals surface area contributed by atoms with Gasteiger partial charge in [0.2, 0.25) is 0 Å². The molecular weight excluding hydrogens is 174 g/mol. The van der Waals surface area contributed by atoms with Crippen LogP contribution >= 0.6 is 0 Å². The number of methoxy groups -OCH3 is 1. The van der Waals surface area contributed by atoms with Crippen molar-refractivity contribution in [2.24, 2.45) is 0 Å². The molecule has 0 unspecified atom stereocenters. The molecule has 1 heterocycles. The summed E-state index contributed by atoms with van der Waals surface area (Å²) in [6.07, 6.45) is 2.53. The summed E-state index contributed by atoms with van der Waals surface area (Å²) in [5.41, 5.74) is 1.33. The van der Waals surface area contributed by atoms with Crippen molar-refractivity contribution in [3.05, 3.63) is 30.3 Å². The summed E-state index contributed by atoms with van der Waals surface area (Å²) in [7, 11) is 1.78. The molecule has 1 aliphatic heterocycles. The van der Waals surface area contributed by atoms with Gasteiger partial charge in [0.1, 0.15) is 0 Å². The Morgan fingerprint density at radius 1 is 1.36 bits per heavy atom. The molecule has 76 valence electrons. The van der Waals surface area contributed by atoms with Gasteiger partial charge in [0.05, 0.1) is 12.6 Å². The molecule has 14 heavy (non-hydrogen) atoms. The van der Waals surface area contributed by atoms with Gasteiger partial charge >= 0.3 is 0 Å². The Morgan fingerprint density at radius 3 is 2.86 bits per heavy atom. The molecule has 1 atom stereocenters. The van der Waals surface area contributed by atoms with Gasteiger partial charge < -0.3 is 9.64 Å². The number of hydrogen-bond donors (Lipinski definition) is 0. The molecule has 2 nitrogen and oxygen atoms in total. The highest BCUT2D eigenvalue weighted by Gasteiger charge is 2.23. The van der Waals surface area contributed by atoms with Crippen molar-refractivity contribution in [3.63, 3.8) is 0 Å². The monoisotopic (exact) mass is 191 g/mol. The highest BCUT2D eigenvalue weighted by molar-refractivity contribution is 5.48. The second-order valence-corrected chi connectivity index (χ2v) is 3.78. The zero-order chi connectivity index (χ0) is 9.80. The van der Waals surface area contributed by atoms with Gasteiger partial charge in [0.25, 0.3) is 0 Å². The maximum absolute atomic E-state index is 5.24. The zero-order valence-corrected chi connectivity index (χ0v) is 8.65. The van der Waals surface area contributed by atoms with E-state index in [1.165, 1.54) is 18.5 Å². The first-order valence-corrected chi connectivity index (χ1v) is 5.22. The second kappa shape index (κ2) is 4.47. The lowest BCUT2D eigenvalue weighted by Gasteiger charge is -2.26. The minimum absolute atomic E-state index is 0.572. The molecule has 1 aromatic rings. The summed E-state index contributed by atoms with van der Waals surface area (Å²) < 4.78 is 5.24. The van der Waals surface area contributed by atoms with Crippen molar-refractivity contribution < 1.29 is 4.74 Å². The van der Waals surface area contributed by atoms with Gasteiger partial charge in [-0.3, -0.25) is 0 Å². The summed E-state index contributed by atoms with van der Waals surface area (Å²) in [6.45, 7) is 2.01. The number of hydrogen-bond acceptors (Lipinski definition) is 2. The minimum Gasteiger partial charge on any atom is -0.383 e. The van der Waals surface area contributed by atoms with Crippen LogP contribution in [0.1, 0.15) is 12.8 Å². The zero-order valence-electron chi connectivity index (χ0n) is 8.65. The van der Waals surface area contributed by atoms with Crippen molar-refractivity contribution in [1.29, 1.82) is 0 Å². The molecule has 2 heteroatoms. The minimum atomic E-state index is 0.572. The Labute approximate surface area is 85.5 Å². The third-order valence-corrected chi connectivity index (χ3v) is 2.82. The first-order valence-electron chi connectivity index (χ1n) is 5.22. The van der Waals surface area contributed by atoms with Crippen LogP contribution in [0.5, 0.6) is 0 Å². The van der Waals surface area contributed by atoms with E-state index in [4.69, 9.17) is 4.74 Å². The molecule has 1 fully saturated rings. The maximum atomic E-state index is 5.24. The molecule has 0 spiro atoms. The molecule has 0 aliphatic carbocycles. The van der Waals surface area contributed by atoms with E-state index in [-0.39, 0.29) is 0 Å². The van der Waals surface area contributed by atoms with E-state index >= 15 is 0 Å². The Kier molecular flexibility index (Phi) is 3.04. The first kappa shape index (κ1) is 9.53. The summed E-state index contributed by atoms with van der Waals surface area (Å²) in [5.74, 6) is 0. The molecule has 0 bridgehead atoms. The summed E-state index contributed by atoms with van der Waals surface area (Å²) >= 11 is 0. The molecule has 1 aliphatic rings. The standard InChI is InChI=1S/C12H17NO/c1-14-10-12-8-5-9-13(12)11-6-3-2-4-7-11/h2-4,6-7,12H,5,8-10H2,1H3/t12-/m1/s1. The van der Waals surface area contributed by atoms with Gasteiger partial charge in [-0.15, -0.1) is 0 Å². The maximum Gasteiger partial charge on any atom is 0.0666 e. The molecule has 1 aromatic carbocycles.